The topological polar surface area (TPSA) is 51.0 Å². The normalized spacial score (nSPS) is 14.8. The van der Waals surface area contributed by atoms with E-state index in [0.29, 0.717) is 23.7 Å². The highest BCUT2D eigenvalue weighted by atomic mass is 16.5. The minimum atomic E-state index is 0.564. The van der Waals surface area contributed by atoms with Gasteiger partial charge in [0.1, 0.15) is 0 Å². The van der Waals surface area contributed by atoms with Gasteiger partial charge in [0.05, 0.1) is 0 Å². The molecule has 0 radical (unpaired) electrons. The van der Waals surface area contributed by atoms with Gasteiger partial charge in [0.15, 0.2) is 0 Å². The Labute approximate surface area is 161 Å². The molecule has 1 saturated carbocycles. The summed E-state index contributed by atoms with van der Waals surface area (Å²) >= 11 is 0. The molecule has 1 fully saturated rings. The summed E-state index contributed by atoms with van der Waals surface area (Å²) in [5, 5.41) is 7.77. The predicted molar refractivity (Wildman–Crippen MR) is 110 cm³/mol. The van der Waals surface area contributed by atoms with Crippen LogP contribution in [0.15, 0.2) is 53.1 Å². The first-order valence-corrected chi connectivity index (χ1v) is 9.97. The van der Waals surface area contributed by atoms with Crippen LogP contribution < -0.4 is 5.32 Å². The molecule has 1 aliphatic carbocycles. The van der Waals surface area contributed by atoms with Gasteiger partial charge in [0.2, 0.25) is 5.82 Å². The molecule has 4 heteroatoms. The first kappa shape index (κ1) is 17.8. The van der Waals surface area contributed by atoms with Crippen molar-refractivity contribution in [2.24, 2.45) is 5.92 Å². The lowest BCUT2D eigenvalue weighted by Gasteiger charge is -2.13. The summed E-state index contributed by atoms with van der Waals surface area (Å²) in [6, 6.07) is 17.3. The number of nitrogens with zero attached hydrogens (tertiary/aromatic N) is 2. The Kier molecular flexibility index (Phi) is 5.23. The molecule has 3 aromatic rings. The lowest BCUT2D eigenvalue weighted by atomic mass is 10.0. The van der Waals surface area contributed by atoms with Crippen LogP contribution in [-0.2, 0) is 6.42 Å². The van der Waals surface area contributed by atoms with Crippen molar-refractivity contribution in [2.45, 2.75) is 52.0 Å². The molecule has 1 aromatic heterocycles. The number of aromatic nitrogens is 2. The molecule has 0 amide bonds. The molecule has 27 heavy (non-hydrogen) atoms. The summed E-state index contributed by atoms with van der Waals surface area (Å²) < 4.78 is 5.49. The van der Waals surface area contributed by atoms with E-state index < -0.39 is 0 Å². The van der Waals surface area contributed by atoms with Crippen LogP contribution in [0.1, 0.15) is 45.1 Å². The van der Waals surface area contributed by atoms with Crippen molar-refractivity contribution in [1.29, 1.82) is 0 Å². The van der Waals surface area contributed by atoms with E-state index in [4.69, 9.17) is 4.52 Å². The highest BCUT2D eigenvalue weighted by molar-refractivity contribution is 5.62. The summed E-state index contributed by atoms with van der Waals surface area (Å²) in [5.41, 5.74) is 4.42. The fourth-order valence-corrected chi connectivity index (χ4v) is 3.73. The maximum absolute atomic E-state index is 5.49. The number of rotatable bonds is 6. The van der Waals surface area contributed by atoms with Crippen LogP contribution in [0.5, 0.6) is 0 Å². The van der Waals surface area contributed by atoms with Gasteiger partial charge in [-0.05, 0) is 67.1 Å². The zero-order valence-electron chi connectivity index (χ0n) is 16.1. The fraction of sp³-hybridized carbons (Fsp3) is 0.391. The van der Waals surface area contributed by atoms with Crippen LogP contribution in [0.25, 0.3) is 22.8 Å². The van der Waals surface area contributed by atoms with Gasteiger partial charge in [-0.3, -0.25) is 0 Å². The van der Waals surface area contributed by atoms with Gasteiger partial charge in [0.25, 0.3) is 5.89 Å². The quantitative estimate of drug-likeness (QED) is 0.589. The molecule has 0 spiro atoms. The highest BCUT2D eigenvalue weighted by Gasteiger charge is 2.15. The number of hydrogen-bond acceptors (Lipinski definition) is 4. The number of benzene rings is 2. The molecule has 1 aliphatic rings. The van der Waals surface area contributed by atoms with Crippen LogP contribution >= 0.6 is 0 Å². The largest absolute Gasteiger partial charge is 0.382 e. The lowest BCUT2D eigenvalue weighted by Crippen LogP contribution is -2.14. The van der Waals surface area contributed by atoms with Crippen molar-refractivity contribution >= 4 is 5.69 Å². The summed E-state index contributed by atoms with van der Waals surface area (Å²) in [6.07, 6.45) is 6.29. The van der Waals surface area contributed by atoms with Crippen LogP contribution in [-0.4, -0.2) is 16.2 Å². The molecule has 0 aliphatic heterocycles. The smallest absolute Gasteiger partial charge is 0.258 e. The molecule has 1 N–H and O–H groups in total. The summed E-state index contributed by atoms with van der Waals surface area (Å²) in [6.45, 7) is 4.46. The summed E-state index contributed by atoms with van der Waals surface area (Å²) in [7, 11) is 0. The second-order valence-corrected chi connectivity index (χ2v) is 7.92. The molecule has 140 valence electrons. The van der Waals surface area contributed by atoms with E-state index >= 15 is 0 Å². The molecule has 0 bridgehead atoms. The van der Waals surface area contributed by atoms with Crippen LogP contribution in [0.2, 0.25) is 0 Å². The molecule has 4 nitrogen and oxygen atoms in total. The van der Waals surface area contributed by atoms with Gasteiger partial charge < -0.3 is 9.84 Å². The summed E-state index contributed by atoms with van der Waals surface area (Å²) in [4.78, 5) is 4.58. The Balaban J connectivity index is 1.45. The third kappa shape index (κ3) is 4.38. The minimum Gasteiger partial charge on any atom is -0.382 e. The Hall–Kier alpha value is -2.62. The third-order valence-electron chi connectivity index (χ3n) is 5.14. The second kappa shape index (κ2) is 7.95. The molecule has 0 atom stereocenters. The first-order chi connectivity index (χ1) is 13.2. The first-order valence-electron chi connectivity index (χ1n) is 9.97. The Morgan fingerprint density at radius 2 is 1.63 bits per heavy atom. The molecule has 2 aromatic carbocycles. The molecule has 4 rings (SSSR count). The van der Waals surface area contributed by atoms with Crippen molar-refractivity contribution in [3.05, 3.63) is 54.1 Å². The lowest BCUT2D eigenvalue weighted by molar-refractivity contribution is 0.432. The molecular formula is C23H27N3O. The van der Waals surface area contributed by atoms with E-state index in [1.807, 2.05) is 0 Å². The van der Waals surface area contributed by atoms with Crippen molar-refractivity contribution in [1.82, 2.24) is 10.1 Å². The standard InChI is InChI=1S/C23H27N3O/c1-16(2)15-17-7-9-19(10-8-17)23-25-22(26-27-23)18-11-13-21(14-12-18)24-20-5-3-4-6-20/h7-14,16,20,24H,3-6,15H2,1-2H3. The number of nitrogens with one attached hydrogen (secondary N) is 1. The predicted octanol–water partition coefficient (Wildman–Crippen LogP) is 5.96. The fourth-order valence-electron chi connectivity index (χ4n) is 3.73. The average molecular weight is 361 g/mol. The van der Waals surface area contributed by atoms with Crippen molar-refractivity contribution in [2.75, 3.05) is 5.32 Å². The Bertz CT molecular complexity index is 859. The van der Waals surface area contributed by atoms with Crippen molar-refractivity contribution < 1.29 is 4.52 Å². The molecule has 0 unspecified atom stereocenters. The molecule has 0 saturated heterocycles. The van der Waals surface area contributed by atoms with Gasteiger partial charge in [-0.2, -0.15) is 4.98 Å². The van der Waals surface area contributed by atoms with E-state index in [1.54, 1.807) is 0 Å². The zero-order valence-corrected chi connectivity index (χ0v) is 16.1. The van der Waals surface area contributed by atoms with Crippen molar-refractivity contribution in [3.63, 3.8) is 0 Å². The van der Waals surface area contributed by atoms with E-state index in [2.05, 4.69) is 77.8 Å². The van der Waals surface area contributed by atoms with Gasteiger partial charge >= 0.3 is 0 Å². The van der Waals surface area contributed by atoms with Crippen LogP contribution in [0.4, 0.5) is 5.69 Å². The third-order valence-corrected chi connectivity index (χ3v) is 5.14. The van der Waals surface area contributed by atoms with Gasteiger partial charge in [-0.15, -0.1) is 0 Å². The van der Waals surface area contributed by atoms with Crippen LogP contribution in [0.3, 0.4) is 0 Å². The van der Waals surface area contributed by atoms with Gasteiger partial charge in [-0.1, -0.05) is 44.0 Å². The second-order valence-electron chi connectivity index (χ2n) is 7.92. The van der Waals surface area contributed by atoms with E-state index in [-0.39, 0.29) is 0 Å². The van der Waals surface area contributed by atoms with Gasteiger partial charge in [-0.25, -0.2) is 0 Å². The number of anilines is 1. The van der Waals surface area contributed by atoms with Crippen molar-refractivity contribution in [3.8, 4) is 22.8 Å². The van der Waals surface area contributed by atoms with Crippen LogP contribution in [0, 0.1) is 5.92 Å². The SMILES string of the molecule is CC(C)Cc1ccc(-c2nc(-c3ccc(NC4CCCC4)cc3)no2)cc1. The average Bonchev–Trinajstić information content (AvgIpc) is 3.35. The Morgan fingerprint density at radius 1 is 0.963 bits per heavy atom. The van der Waals surface area contributed by atoms with E-state index in [9.17, 15) is 0 Å². The molecule has 1 heterocycles. The van der Waals surface area contributed by atoms with E-state index in [1.165, 1.54) is 31.2 Å². The molecular weight excluding hydrogens is 334 g/mol. The summed E-state index contributed by atoms with van der Waals surface area (Å²) in [5.74, 6) is 1.84. The van der Waals surface area contributed by atoms with E-state index in [0.717, 1.165) is 23.2 Å². The maximum Gasteiger partial charge on any atom is 0.258 e. The monoisotopic (exact) mass is 361 g/mol. The van der Waals surface area contributed by atoms with Gasteiger partial charge in [0, 0.05) is 22.9 Å². The minimum absolute atomic E-state index is 0.564. The zero-order chi connectivity index (χ0) is 18.6. The number of hydrogen-bond donors (Lipinski definition) is 1. The Morgan fingerprint density at radius 3 is 2.30 bits per heavy atom. The highest BCUT2D eigenvalue weighted by Crippen LogP contribution is 2.26. The maximum atomic E-state index is 5.49.